The molecule has 1 aromatic rings. The molecule has 0 radical (unpaired) electrons. The van der Waals surface area contributed by atoms with E-state index < -0.39 is 0 Å². The Morgan fingerprint density at radius 1 is 1.47 bits per heavy atom. The van der Waals surface area contributed by atoms with Gasteiger partial charge in [0.05, 0.1) is 11.1 Å². The summed E-state index contributed by atoms with van der Waals surface area (Å²) in [6, 6.07) is 5.30. The molecule has 1 aromatic carbocycles. The second-order valence-corrected chi connectivity index (χ2v) is 6.03. The van der Waals surface area contributed by atoms with Crippen LogP contribution in [0.15, 0.2) is 18.2 Å². The average molecular weight is 286 g/mol. The molecule has 0 heterocycles. The van der Waals surface area contributed by atoms with Crippen LogP contribution in [-0.4, -0.2) is 18.8 Å². The lowest BCUT2D eigenvalue weighted by molar-refractivity contribution is -0.114. The molecule has 0 saturated heterocycles. The summed E-state index contributed by atoms with van der Waals surface area (Å²) in [6.07, 6.45) is 1.30. The summed E-state index contributed by atoms with van der Waals surface area (Å²) >= 11 is 5.95. The topological polar surface area (TPSA) is 21.3 Å². The summed E-state index contributed by atoms with van der Waals surface area (Å²) in [7, 11) is 0. The van der Waals surface area contributed by atoms with Crippen LogP contribution in [0, 0.1) is 11.2 Å². The third-order valence-corrected chi connectivity index (χ3v) is 4.54. The van der Waals surface area contributed by atoms with Crippen LogP contribution in [0.2, 0.25) is 5.02 Å². The van der Waals surface area contributed by atoms with E-state index in [0.29, 0.717) is 18.7 Å². The van der Waals surface area contributed by atoms with Crippen LogP contribution in [0.3, 0.4) is 0 Å². The largest absolute Gasteiger partial charge is 0.378 e. The van der Waals surface area contributed by atoms with Crippen molar-refractivity contribution in [3.8, 4) is 0 Å². The molecule has 0 aromatic heterocycles. The lowest BCUT2D eigenvalue weighted by Gasteiger charge is -2.52. The monoisotopic (exact) mass is 285 g/mol. The molecule has 106 valence electrons. The molecule has 2 atom stereocenters. The van der Waals surface area contributed by atoms with Gasteiger partial charge in [0.15, 0.2) is 0 Å². The van der Waals surface area contributed by atoms with Gasteiger partial charge in [0.1, 0.15) is 5.82 Å². The first-order valence-electron chi connectivity index (χ1n) is 6.74. The van der Waals surface area contributed by atoms with Crippen molar-refractivity contribution in [2.24, 2.45) is 5.41 Å². The Kier molecular flexibility index (Phi) is 4.49. The number of halogens is 2. The highest BCUT2D eigenvalue weighted by Gasteiger charge is 2.48. The highest BCUT2D eigenvalue weighted by Crippen LogP contribution is 2.42. The number of rotatable bonds is 5. The molecule has 0 spiro atoms. The van der Waals surface area contributed by atoms with Crippen molar-refractivity contribution in [2.45, 2.75) is 45.9 Å². The van der Waals surface area contributed by atoms with Crippen molar-refractivity contribution in [3.05, 3.63) is 34.6 Å². The van der Waals surface area contributed by atoms with Gasteiger partial charge in [0, 0.05) is 24.6 Å². The maximum atomic E-state index is 13.3. The van der Waals surface area contributed by atoms with Crippen molar-refractivity contribution >= 4 is 11.6 Å². The van der Waals surface area contributed by atoms with E-state index in [1.54, 1.807) is 6.07 Å². The van der Waals surface area contributed by atoms with Gasteiger partial charge in [-0.2, -0.15) is 0 Å². The molecular weight excluding hydrogens is 265 g/mol. The van der Waals surface area contributed by atoms with E-state index in [1.165, 1.54) is 6.07 Å². The van der Waals surface area contributed by atoms with Crippen LogP contribution >= 0.6 is 11.6 Å². The highest BCUT2D eigenvalue weighted by atomic mass is 35.5. The van der Waals surface area contributed by atoms with Gasteiger partial charge in [-0.05, 0) is 25.0 Å². The number of nitrogens with one attached hydrogen (secondary N) is 1. The first-order valence-corrected chi connectivity index (χ1v) is 7.12. The van der Waals surface area contributed by atoms with Gasteiger partial charge >= 0.3 is 0 Å². The van der Waals surface area contributed by atoms with E-state index in [9.17, 15) is 4.39 Å². The molecule has 0 amide bonds. The van der Waals surface area contributed by atoms with E-state index in [0.717, 1.165) is 18.6 Å². The zero-order chi connectivity index (χ0) is 14.0. The second kappa shape index (κ2) is 5.78. The minimum Gasteiger partial charge on any atom is -0.378 e. The Bertz CT molecular complexity index is 450. The lowest BCUT2D eigenvalue weighted by atomic mass is 9.64. The summed E-state index contributed by atoms with van der Waals surface area (Å²) in [6.45, 7) is 7.74. The van der Waals surface area contributed by atoms with Gasteiger partial charge in [-0.25, -0.2) is 4.39 Å². The fourth-order valence-electron chi connectivity index (χ4n) is 2.63. The summed E-state index contributed by atoms with van der Waals surface area (Å²) in [5.74, 6) is -0.360. The van der Waals surface area contributed by atoms with Crippen LogP contribution in [0.25, 0.3) is 0 Å². The second-order valence-electron chi connectivity index (χ2n) is 5.65. The summed E-state index contributed by atoms with van der Waals surface area (Å²) in [5, 5.41) is 3.67. The maximum absolute atomic E-state index is 13.3. The predicted octanol–water partition coefficient (Wildman–Crippen LogP) is 3.77. The van der Waals surface area contributed by atoms with Crippen molar-refractivity contribution in [2.75, 3.05) is 6.61 Å². The van der Waals surface area contributed by atoms with Gasteiger partial charge in [0.25, 0.3) is 0 Å². The molecule has 1 aliphatic carbocycles. The van der Waals surface area contributed by atoms with Crippen molar-refractivity contribution in [1.82, 2.24) is 5.32 Å². The third-order valence-electron chi connectivity index (χ3n) is 4.12. The number of ether oxygens (including phenoxy) is 1. The molecule has 2 rings (SSSR count). The highest BCUT2D eigenvalue weighted by molar-refractivity contribution is 6.31. The molecule has 1 N–H and O–H groups in total. The Balaban J connectivity index is 1.92. The van der Waals surface area contributed by atoms with Gasteiger partial charge in [-0.1, -0.05) is 37.6 Å². The molecule has 19 heavy (non-hydrogen) atoms. The molecule has 4 heteroatoms. The Labute approximate surface area is 119 Å². The summed E-state index contributed by atoms with van der Waals surface area (Å²) in [5.41, 5.74) is 0.910. The van der Waals surface area contributed by atoms with Gasteiger partial charge < -0.3 is 10.1 Å². The molecular formula is C15H21ClFNO. The van der Waals surface area contributed by atoms with E-state index in [4.69, 9.17) is 16.3 Å². The SMILES string of the molecule is CCOC1CC(NCc2cccc(F)c2Cl)C1(C)C. The standard InChI is InChI=1S/C15H21ClFNO/c1-4-19-13-8-12(15(13,2)3)18-9-10-6-5-7-11(17)14(10)16/h5-7,12-13,18H,4,8-9H2,1-3H3. The van der Waals surface area contributed by atoms with E-state index in [1.807, 2.05) is 13.0 Å². The van der Waals surface area contributed by atoms with Crippen molar-refractivity contribution < 1.29 is 9.13 Å². The minimum atomic E-state index is -0.360. The molecule has 2 nitrogen and oxygen atoms in total. The fraction of sp³-hybridized carbons (Fsp3) is 0.600. The Morgan fingerprint density at radius 2 is 2.21 bits per heavy atom. The molecule has 1 aliphatic rings. The zero-order valence-electron chi connectivity index (χ0n) is 11.7. The number of benzene rings is 1. The molecule has 1 fully saturated rings. The third kappa shape index (κ3) is 2.93. The maximum Gasteiger partial charge on any atom is 0.142 e. The number of hydrogen-bond acceptors (Lipinski definition) is 2. The van der Waals surface area contributed by atoms with Crippen molar-refractivity contribution in [3.63, 3.8) is 0 Å². The van der Waals surface area contributed by atoms with E-state index in [2.05, 4.69) is 19.2 Å². The van der Waals surface area contributed by atoms with Crippen LogP contribution in [0.4, 0.5) is 4.39 Å². The number of hydrogen-bond donors (Lipinski definition) is 1. The lowest BCUT2D eigenvalue weighted by Crippen LogP contribution is -2.60. The zero-order valence-corrected chi connectivity index (χ0v) is 12.4. The van der Waals surface area contributed by atoms with Crippen LogP contribution in [0.1, 0.15) is 32.8 Å². The van der Waals surface area contributed by atoms with Crippen LogP contribution in [0.5, 0.6) is 0 Å². The average Bonchev–Trinajstić information content (AvgIpc) is 2.37. The first kappa shape index (κ1) is 14.8. The van der Waals surface area contributed by atoms with Crippen molar-refractivity contribution in [1.29, 1.82) is 0 Å². The fourth-order valence-corrected chi connectivity index (χ4v) is 2.83. The Hall–Kier alpha value is -0.640. The molecule has 1 saturated carbocycles. The Morgan fingerprint density at radius 3 is 2.84 bits per heavy atom. The summed E-state index contributed by atoms with van der Waals surface area (Å²) < 4.78 is 19.0. The van der Waals surface area contributed by atoms with E-state index >= 15 is 0 Å². The quantitative estimate of drug-likeness (QED) is 0.889. The van der Waals surface area contributed by atoms with Crippen LogP contribution in [-0.2, 0) is 11.3 Å². The van der Waals surface area contributed by atoms with Gasteiger partial charge in [-0.3, -0.25) is 0 Å². The predicted molar refractivity (Wildman–Crippen MR) is 75.8 cm³/mol. The molecule has 0 bridgehead atoms. The smallest absolute Gasteiger partial charge is 0.142 e. The molecule has 2 unspecified atom stereocenters. The van der Waals surface area contributed by atoms with Gasteiger partial charge in [0.2, 0.25) is 0 Å². The first-order chi connectivity index (χ1) is 8.96. The minimum absolute atomic E-state index is 0.107. The van der Waals surface area contributed by atoms with E-state index in [-0.39, 0.29) is 16.3 Å². The molecule has 0 aliphatic heterocycles. The normalized spacial score (nSPS) is 25.1. The van der Waals surface area contributed by atoms with Gasteiger partial charge in [-0.15, -0.1) is 0 Å². The summed E-state index contributed by atoms with van der Waals surface area (Å²) in [4.78, 5) is 0. The van der Waals surface area contributed by atoms with Crippen LogP contribution < -0.4 is 5.32 Å².